The van der Waals surface area contributed by atoms with E-state index >= 15 is 0 Å². The van der Waals surface area contributed by atoms with Crippen molar-refractivity contribution in [3.63, 3.8) is 0 Å². The van der Waals surface area contributed by atoms with Crippen molar-refractivity contribution in [1.29, 1.82) is 0 Å². The van der Waals surface area contributed by atoms with Crippen molar-refractivity contribution < 1.29 is 9.47 Å². The van der Waals surface area contributed by atoms with E-state index in [0.717, 1.165) is 18.5 Å². The molecule has 0 radical (unpaired) electrons. The molecule has 0 amide bonds. The number of piperidine rings is 1. The maximum atomic E-state index is 5.32. The summed E-state index contributed by atoms with van der Waals surface area (Å²) >= 11 is 0. The fraction of sp³-hybridized carbons (Fsp3) is 1.00. The molecule has 2 fully saturated rings. The Bertz CT molecular complexity index is 204. The van der Waals surface area contributed by atoms with Crippen LogP contribution in [0.1, 0.15) is 38.5 Å². The highest BCUT2D eigenvalue weighted by Gasteiger charge is 2.33. The van der Waals surface area contributed by atoms with Crippen LogP contribution >= 0.6 is 0 Å². The fourth-order valence-electron chi connectivity index (χ4n) is 3.39. The molecule has 2 rings (SSSR count). The number of likely N-dealkylation sites (tertiary alicyclic amines) is 1. The lowest BCUT2D eigenvalue weighted by Gasteiger charge is -2.44. The summed E-state index contributed by atoms with van der Waals surface area (Å²) in [5.41, 5.74) is 0. The zero-order valence-electron chi connectivity index (χ0n) is 10.7. The van der Waals surface area contributed by atoms with Crippen LogP contribution in [0.4, 0.5) is 0 Å². The van der Waals surface area contributed by atoms with E-state index in [1.165, 1.54) is 45.1 Å². The maximum Gasteiger partial charge on any atom is 0.169 e. The summed E-state index contributed by atoms with van der Waals surface area (Å²) in [6.07, 6.45) is 8.39. The van der Waals surface area contributed by atoms with Gasteiger partial charge in [-0.05, 0) is 38.1 Å². The molecule has 1 aliphatic carbocycles. The predicted molar refractivity (Wildman–Crippen MR) is 64.4 cm³/mol. The normalized spacial score (nSPS) is 31.7. The molecular weight excluding hydrogens is 202 g/mol. The van der Waals surface area contributed by atoms with E-state index in [0.29, 0.717) is 0 Å². The van der Waals surface area contributed by atoms with Gasteiger partial charge in [-0.25, -0.2) is 0 Å². The zero-order chi connectivity index (χ0) is 11.4. The van der Waals surface area contributed by atoms with E-state index in [2.05, 4.69) is 4.90 Å². The second-order valence-corrected chi connectivity index (χ2v) is 5.15. The Kier molecular flexibility index (Phi) is 4.62. The third kappa shape index (κ3) is 2.76. The number of nitrogens with zero attached hydrogens (tertiary/aromatic N) is 1. The first-order valence-corrected chi connectivity index (χ1v) is 6.64. The molecule has 94 valence electrons. The summed E-state index contributed by atoms with van der Waals surface area (Å²) in [6, 6.07) is 0.801. The molecular formula is C13H25NO2. The largest absolute Gasteiger partial charge is 0.355 e. The molecule has 3 nitrogen and oxygen atoms in total. The van der Waals surface area contributed by atoms with Crippen molar-refractivity contribution in [3.8, 4) is 0 Å². The number of rotatable bonds is 4. The molecule has 1 saturated heterocycles. The molecule has 0 aromatic heterocycles. The van der Waals surface area contributed by atoms with Crippen LogP contribution in [0.3, 0.4) is 0 Å². The Morgan fingerprint density at radius 3 is 2.50 bits per heavy atom. The third-order valence-electron chi connectivity index (χ3n) is 4.27. The molecule has 0 unspecified atom stereocenters. The van der Waals surface area contributed by atoms with Gasteiger partial charge in [0.1, 0.15) is 0 Å². The molecule has 1 saturated carbocycles. The van der Waals surface area contributed by atoms with Crippen LogP contribution in [0.25, 0.3) is 0 Å². The van der Waals surface area contributed by atoms with Crippen LogP contribution in [-0.4, -0.2) is 44.5 Å². The number of methoxy groups -OCH3 is 2. The topological polar surface area (TPSA) is 21.7 Å². The van der Waals surface area contributed by atoms with Crippen LogP contribution in [0.15, 0.2) is 0 Å². The summed E-state index contributed by atoms with van der Waals surface area (Å²) in [6.45, 7) is 2.17. The van der Waals surface area contributed by atoms with Gasteiger partial charge in [-0.1, -0.05) is 12.8 Å². The summed E-state index contributed by atoms with van der Waals surface area (Å²) in [7, 11) is 3.47. The zero-order valence-corrected chi connectivity index (χ0v) is 10.7. The Morgan fingerprint density at radius 1 is 1.06 bits per heavy atom. The van der Waals surface area contributed by atoms with Gasteiger partial charge in [-0.15, -0.1) is 0 Å². The molecule has 0 aromatic rings. The van der Waals surface area contributed by atoms with Crippen molar-refractivity contribution in [2.75, 3.05) is 27.3 Å². The van der Waals surface area contributed by atoms with Crippen molar-refractivity contribution in [3.05, 3.63) is 0 Å². The van der Waals surface area contributed by atoms with E-state index in [9.17, 15) is 0 Å². The standard InChI is InChI=1S/C13H25NO2/c1-15-13(16-2)10-14-9-5-7-11-6-3-4-8-12(11)14/h11-13H,3-10H2,1-2H3/t11-,12-/m1/s1. The lowest BCUT2D eigenvalue weighted by molar-refractivity contribution is -0.128. The van der Waals surface area contributed by atoms with E-state index in [4.69, 9.17) is 9.47 Å². The van der Waals surface area contributed by atoms with Gasteiger partial charge < -0.3 is 9.47 Å². The Hall–Kier alpha value is -0.120. The van der Waals surface area contributed by atoms with Crippen molar-refractivity contribution in [2.24, 2.45) is 5.92 Å². The van der Waals surface area contributed by atoms with Gasteiger partial charge >= 0.3 is 0 Å². The molecule has 0 bridgehead atoms. The first-order valence-electron chi connectivity index (χ1n) is 6.64. The van der Waals surface area contributed by atoms with Crippen LogP contribution in [-0.2, 0) is 9.47 Å². The highest BCUT2D eigenvalue weighted by Crippen LogP contribution is 2.35. The van der Waals surface area contributed by atoms with Gasteiger partial charge in [0.25, 0.3) is 0 Å². The van der Waals surface area contributed by atoms with Gasteiger partial charge in [0.2, 0.25) is 0 Å². The van der Waals surface area contributed by atoms with Gasteiger partial charge in [0.15, 0.2) is 6.29 Å². The second kappa shape index (κ2) is 5.99. The van der Waals surface area contributed by atoms with Crippen LogP contribution < -0.4 is 0 Å². The number of hydrogen-bond donors (Lipinski definition) is 0. The average Bonchev–Trinajstić information content (AvgIpc) is 2.36. The minimum Gasteiger partial charge on any atom is -0.355 e. The quantitative estimate of drug-likeness (QED) is 0.688. The fourth-order valence-corrected chi connectivity index (χ4v) is 3.39. The van der Waals surface area contributed by atoms with Crippen LogP contribution in [0.5, 0.6) is 0 Å². The minimum atomic E-state index is -0.0549. The maximum absolute atomic E-state index is 5.32. The van der Waals surface area contributed by atoms with E-state index in [1.54, 1.807) is 14.2 Å². The lowest BCUT2D eigenvalue weighted by Crippen LogP contribution is -2.49. The van der Waals surface area contributed by atoms with Crippen LogP contribution in [0, 0.1) is 5.92 Å². The van der Waals surface area contributed by atoms with Gasteiger partial charge in [-0.2, -0.15) is 0 Å². The molecule has 16 heavy (non-hydrogen) atoms. The molecule has 1 heterocycles. The predicted octanol–water partition coefficient (Wildman–Crippen LogP) is 2.26. The van der Waals surface area contributed by atoms with E-state index in [-0.39, 0.29) is 6.29 Å². The van der Waals surface area contributed by atoms with E-state index in [1.807, 2.05) is 0 Å². The van der Waals surface area contributed by atoms with Crippen molar-refractivity contribution >= 4 is 0 Å². The van der Waals surface area contributed by atoms with Gasteiger partial charge in [0, 0.05) is 26.8 Å². The summed E-state index contributed by atoms with van der Waals surface area (Å²) in [5.74, 6) is 0.942. The van der Waals surface area contributed by atoms with Crippen LogP contribution in [0.2, 0.25) is 0 Å². The number of hydrogen-bond acceptors (Lipinski definition) is 3. The third-order valence-corrected chi connectivity index (χ3v) is 4.27. The highest BCUT2D eigenvalue weighted by molar-refractivity contribution is 4.87. The average molecular weight is 227 g/mol. The monoisotopic (exact) mass is 227 g/mol. The summed E-state index contributed by atoms with van der Waals surface area (Å²) < 4.78 is 10.6. The molecule has 2 atom stereocenters. The summed E-state index contributed by atoms with van der Waals surface area (Å²) in [4.78, 5) is 2.60. The lowest BCUT2D eigenvalue weighted by atomic mass is 9.78. The van der Waals surface area contributed by atoms with Crippen molar-refractivity contribution in [2.45, 2.75) is 50.9 Å². The SMILES string of the molecule is COC(CN1CCC[C@H]2CCCC[C@H]21)OC. The first kappa shape index (κ1) is 12.3. The van der Waals surface area contributed by atoms with E-state index < -0.39 is 0 Å². The smallest absolute Gasteiger partial charge is 0.169 e. The van der Waals surface area contributed by atoms with Gasteiger partial charge in [0.05, 0.1) is 0 Å². The summed E-state index contributed by atoms with van der Waals surface area (Å²) in [5, 5.41) is 0. The minimum absolute atomic E-state index is 0.0549. The molecule has 0 N–H and O–H groups in total. The first-order chi connectivity index (χ1) is 7.85. The Morgan fingerprint density at radius 2 is 1.75 bits per heavy atom. The Labute approximate surface area is 99.1 Å². The molecule has 3 heteroatoms. The molecule has 2 aliphatic rings. The molecule has 0 aromatic carbocycles. The second-order valence-electron chi connectivity index (χ2n) is 5.15. The highest BCUT2D eigenvalue weighted by atomic mass is 16.7. The molecule has 0 spiro atoms. The number of ether oxygens (including phenoxy) is 2. The van der Waals surface area contributed by atoms with Gasteiger partial charge in [-0.3, -0.25) is 4.90 Å². The van der Waals surface area contributed by atoms with Crippen molar-refractivity contribution in [1.82, 2.24) is 4.90 Å². The number of fused-ring (bicyclic) bond motifs is 1. The Balaban J connectivity index is 1.91. The molecule has 1 aliphatic heterocycles.